The molecular weight excluding hydrogens is 276 g/mol. The number of carbonyl (C=O) groups is 3. The first-order valence-corrected chi connectivity index (χ1v) is 6.19. The number of rotatable bonds is 6. The van der Waals surface area contributed by atoms with Gasteiger partial charge in [-0.25, -0.2) is 4.79 Å². The van der Waals surface area contributed by atoms with Crippen LogP contribution in [0.1, 0.15) is 0 Å². The van der Waals surface area contributed by atoms with E-state index in [0.717, 1.165) is 0 Å². The summed E-state index contributed by atoms with van der Waals surface area (Å²) in [5.74, 6) is -0.741. The number of anilines is 2. The normalized spacial score (nSPS) is 9.62. The summed E-state index contributed by atoms with van der Waals surface area (Å²) in [6, 6.07) is 6.27. The summed E-state index contributed by atoms with van der Waals surface area (Å²) in [5.41, 5.74) is 1.21. The second-order valence-corrected chi connectivity index (χ2v) is 4.04. The van der Waals surface area contributed by atoms with Crippen LogP contribution in [-0.4, -0.2) is 45.2 Å². The van der Waals surface area contributed by atoms with E-state index in [-0.39, 0.29) is 19.1 Å². The number of urea groups is 1. The summed E-state index contributed by atoms with van der Waals surface area (Å²) in [6.07, 6.45) is 0. The van der Waals surface area contributed by atoms with Crippen molar-refractivity contribution in [2.75, 3.05) is 37.9 Å². The number of benzene rings is 1. The van der Waals surface area contributed by atoms with Crippen molar-refractivity contribution in [2.45, 2.75) is 0 Å². The van der Waals surface area contributed by atoms with E-state index in [4.69, 9.17) is 4.74 Å². The van der Waals surface area contributed by atoms with Gasteiger partial charge in [0.15, 0.2) is 0 Å². The summed E-state index contributed by atoms with van der Waals surface area (Å²) in [6.45, 7) is -0.102. The summed E-state index contributed by atoms with van der Waals surface area (Å²) in [7, 11) is 2.85. The topological polar surface area (TPSA) is 109 Å². The fourth-order valence-corrected chi connectivity index (χ4v) is 1.45. The average molecular weight is 294 g/mol. The van der Waals surface area contributed by atoms with Crippen molar-refractivity contribution >= 4 is 29.2 Å². The summed E-state index contributed by atoms with van der Waals surface area (Å²) in [5, 5.41) is 9.89. The molecule has 0 atom stereocenters. The Bertz CT molecular complexity index is 519. The molecule has 8 nitrogen and oxygen atoms in total. The first-order chi connectivity index (χ1) is 10.0. The Morgan fingerprint density at radius 3 is 2.52 bits per heavy atom. The third-order valence-electron chi connectivity index (χ3n) is 2.35. The van der Waals surface area contributed by atoms with Crippen LogP contribution < -0.4 is 21.3 Å². The van der Waals surface area contributed by atoms with Crippen LogP contribution >= 0.6 is 0 Å². The highest BCUT2D eigenvalue weighted by molar-refractivity contribution is 5.96. The predicted octanol–water partition coefficient (Wildman–Crippen LogP) is 0.139. The average Bonchev–Trinajstić information content (AvgIpc) is 2.45. The zero-order chi connectivity index (χ0) is 15.7. The number of hydrogen-bond donors (Lipinski definition) is 4. The van der Waals surface area contributed by atoms with Gasteiger partial charge in [0.25, 0.3) is 0 Å². The van der Waals surface area contributed by atoms with E-state index in [0.29, 0.717) is 11.4 Å². The van der Waals surface area contributed by atoms with Gasteiger partial charge in [-0.3, -0.25) is 14.9 Å². The fraction of sp³-hybridized carbons (Fsp3) is 0.308. The standard InChI is InChI=1S/C13H18N4O4/c1-14-13(20)17-11(18)7-15-9-4-3-5-10(6-9)16-12(19)8-21-2/h3-6,15H,7-8H2,1-2H3,(H,16,19)(H2,14,17,18,20). The van der Waals surface area contributed by atoms with Gasteiger partial charge in [0.05, 0.1) is 6.54 Å². The quantitative estimate of drug-likeness (QED) is 0.597. The Morgan fingerprint density at radius 2 is 1.86 bits per heavy atom. The molecule has 21 heavy (non-hydrogen) atoms. The van der Waals surface area contributed by atoms with Gasteiger partial charge >= 0.3 is 6.03 Å². The molecular formula is C13H18N4O4. The van der Waals surface area contributed by atoms with Crippen LogP contribution in [0.3, 0.4) is 0 Å². The second kappa shape index (κ2) is 8.54. The van der Waals surface area contributed by atoms with Gasteiger partial charge in [-0.1, -0.05) is 6.07 Å². The molecule has 114 valence electrons. The summed E-state index contributed by atoms with van der Waals surface area (Å²) < 4.78 is 4.71. The molecule has 1 aromatic rings. The molecule has 4 N–H and O–H groups in total. The van der Waals surface area contributed by atoms with Gasteiger partial charge in [-0.05, 0) is 18.2 Å². The minimum Gasteiger partial charge on any atom is -0.376 e. The lowest BCUT2D eigenvalue weighted by Gasteiger charge is -2.09. The van der Waals surface area contributed by atoms with E-state index in [1.807, 2.05) is 0 Å². The van der Waals surface area contributed by atoms with Crippen LogP contribution in [0, 0.1) is 0 Å². The van der Waals surface area contributed by atoms with Crippen molar-refractivity contribution in [2.24, 2.45) is 0 Å². The molecule has 0 spiro atoms. The van der Waals surface area contributed by atoms with Crippen molar-refractivity contribution in [1.29, 1.82) is 0 Å². The number of amides is 4. The number of methoxy groups -OCH3 is 1. The maximum absolute atomic E-state index is 11.4. The maximum Gasteiger partial charge on any atom is 0.321 e. The van der Waals surface area contributed by atoms with Crippen LogP contribution in [-0.2, 0) is 14.3 Å². The van der Waals surface area contributed by atoms with Crippen molar-refractivity contribution in [3.8, 4) is 0 Å². The molecule has 0 bridgehead atoms. The van der Waals surface area contributed by atoms with Gasteiger partial charge < -0.3 is 20.7 Å². The van der Waals surface area contributed by atoms with E-state index >= 15 is 0 Å². The molecule has 0 aliphatic carbocycles. The lowest BCUT2D eigenvalue weighted by Crippen LogP contribution is -2.40. The van der Waals surface area contributed by atoms with Crippen molar-refractivity contribution in [3.63, 3.8) is 0 Å². The monoisotopic (exact) mass is 294 g/mol. The molecule has 8 heteroatoms. The van der Waals surface area contributed by atoms with Crippen LogP contribution in [0.5, 0.6) is 0 Å². The highest BCUT2D eigenvalue weighted by Crippen LogP contribution is 2.14. The molecule has 0 aliphatic heterocycles. The largest absolute Gasteiger partial charge is 0.376 e. The molecule has 0 saturated carbocycles. The first kappa shape index (κ1) is 16.4. The number of carbonyl (C=O) groups excluding carboxylic acids is 3. The van der Waals surface area contributed by atoms with Crippen LogP contribution in [0.4, 0.5) is 16.2 Å². The van der Waals surface area contributed by atoms with Gasteiger partial charge in [0, 0.05) is 25.5 Å². The minimum atomic E-state index is -0.567. The van der Waals surface area contributed by atoms with E-state index in [1.54, 1.807) is 24.3 Å². The Balaban J connectivity index is 2.51. The van der Waals surface area contributed by atoms with Crippen LogP contribution in [0.15, 0.2) is 24.3 Å². The van der Waals surface area contributed by atoms with Gasteiger partial charge in [-0.15, -0.1) is 0 Å². The summed E-state index contributed by atoms with van der Waals surface area (Å²) in [4.78, 5) is 33.7. The Morgan fingerprint density at radius 1 is 1.14 bits per heavy atom. The molecule has 1 aromatic carbocycles. The van der Waals surface area contributed by atoms with E-state index in [9.17, 15) is 14.4 Å². The predicted molar refractivity (Wildman–Crippen MR) is 78.0 cm³/mol. The second-order valence-electron chi connectivity index (χ2n) is 4.04. The highest BCUT2D eigenvalue weighted by atomic mass is 16.5. The molecule has 0 radical (unpaired) electrons. The molecule has 0 heterocycles. The molecule has 0 unspecified atom stereocenters. The zero-order valence-corrected chi connectivity index (χ0v) is 11.9. The number of imide groups is 1. The third kappa shape index (κ3) is 6.39. The first-order valence-electron chi connectivity index (χ1n) is 6.19. The Labute approximate surface area is 122 Å². The lowest BCUT2D eigenvalue weighted by atomic mass is 10.2. The molecule has 1 rings (SSSR count). The third-order valence-corrected chi connectivity index (χ3v) is 2.35. The summed E-state index contributed by atoms with van der Waals surface area (Å²) >= 11 is 0. The van der Waals surface area contributed by atoms with Crippen LogP contribution in [0.2, 0.25) is 0 Å². The number of hydrogen-bond acceptors (Lipinski definition) is 5. The lowest BCUT2D eigenvalue weighted by molar-refractivity contribution is -0.120. The van der Waals surface area contributed by atoms with Crippen molar-refractivity contribution in [3.05, 3.63) is 24.3 Å². The molecule has 4 amide bonds. The maximum atomic E-state index is 11.4. The fourth-order valence-electron chi connectivity index (χ4n) is 1.45. The van der Waals surface area contributed by atoms with Gasteiger partial charge in [0.1, 0.15) is 6.61 Å². The SMILES string of the molecule is CNC(=O)NC(=O)CNc1cccc(NC(=O)COC)c1. The molecule has 0 aromatic heterocycles. The van der Waals surface area contributed by atoms with E-state index < -0.39 is 11.9 Å². The van der Waals surface area contributed by atoms with E-state index in [1.165, 1.54) is 14.2 Å². The molecule has 0 fully saturated rings. The van der Waals surface area contributed by atoms with Crippen molar-refractivity contribution < 1.29 is 19.1 Å². The Kier molecular flexibility index (Phi) is 6.69. The molecule has 0 saturated heterocycles. The molecule has 0 aliphatic rings. The van der Waals surface area contributed by atoms with Crippen molar-refractivity contribution in [1.82, 2.24) is 10.6 Å². The van der Waals surface area contributed by atoms with Gasteiger partial charge in [-0.2, -0.15) is 0 Å². The Hall–Kier alpha value is -2.61. The number of ether oxygens (including phenoxy) is 1. The van der Waals surface area contributed by atoms with Crippen LogP contribution in [0.25, 0.3) is 0 Å². The smallest absolute Gasteiger partial charge is 0.321 e. The van der Waals surface area contributed by atoms with E-state index in [2.05, 4.69) is 21.3 Å². The highest BCUT2D eigenvalue weighted by Gasteiger charge is 2.06. The minimum absolute atomic E-state index is 0.0355. The zero-order valence-electron chi connectivity index (χ0n) is 11.9. The van der Waals surface area contributed by atoms with Gasteiger partial charge in [0.2, 0.25) is 11.8 Å². The number of nitrogens with one attached hydrogen (secondary N) is 4.